The molecular formula is C20H17FN4. The zero-order valence-electron chi connectivity index (χ0n) is 13.7. The van der Waals surface area contributed by atoms with Crippen LogP contribution in [0.3, 0.4) is 0 Å². The van der Waals surface area contributed by atoms with Gasteiger partial charge < -0.3 is 9.88 Å². The fourth-order valence-electron chi connectivity index (χ4n) is 4.53. The Hall–Kier alpha value is -2.87. The van der Waals surface area contributed by atoms with Crippen molar-refractivity contribution in [3.63, 3.8) is 0 Å². The Morgan fingerprint density at radius 3 is 2.96 bits per heavy atom. The van der Waals surface area contributed by atoms with Crippen molar-refractivity contribution >= 4 is 16.7 Å². The molecule has 1 fully saturated rings. The van der Waals surface area contributed by atoms with Gasteiger partial charge in [-0.1, -0.05) is 18.2 Å². The molecule has 4 nitrogen and oxygen atoms in total. The summed E-state index contributed by atoms with van der Waals surface area (Å²) in [4.78, 5) is 10.3. The molecule has 5 heteroatoms. The number of fused-ring (bicyclic) bond motifs is 4. The van der Waals surface area contributed by atoms with Crippen LogP contribution in [0.4, 0.5) is 10.1 Å². The first kappa shape index (κ1) is 14.5. The lowest BCUT2D eigenvalue weighted by Gasteiger charge is -2.43. The summed E-state index contributed by atoms with van der Waals surface area (Å²) in [6.45, 7) is 0.852. The van der Waals surface area contributed by atoms with Crippen molar-refractivity contribution in [3.8, 4) is 6.07 Å². The van der Waals surface area contributed by atoms with E-state index >= 15 is 0 Å². The van der Waals surface area contributed by atoms with E-state index in [1.54, 1.807) is 6.07 Å². The zero-order chi connectivity index (χ0) is 17.0. The van der Waals surface area contributed by atoms with E-state index in [9.17, 15) is 9.65 Å². The topological polar surface area (TPSA) is 55.7 Å². The van der Waals surface area contributed by atoms with Gasteiger partial charge in [0.05, 0.1) is 23.1 Å². The maximum atomic E-state index is 14.6. The van der Waals surface area contributed by atoms with Gasteiger partial charge in [-0.15, -0.1) is 0 Å². The number of nitriles is 1. The molecule has 0 spiro atoms. The fraction of sp³-hybridized carbons (Fsp3) is 0.300. The van der Waals surface area contributed by atoms with Crippen molar-refractivity contribution < 1.29 is 4.39 Å². The van der Waals surface area contributed by atoms with Crippen LogP contribution in [-0.2, 0) is 11.8 Å². The van der Waals surface area contributed by atoms with Gasteiger partial charge in [0.2, 0.25) is 0 Å². The summed E-state index contributed by atoms with van der Waals surface area (Å²) in [6, 6.07) is 15.5. The van der Waals surface area contributed by atoms with E-state index in [1.165, 1.54) is 6.07 Å². The molecular weight excluding hydrogens is 315 g/mol. The molecule has 0 saturated carbocycles. The number of anilines is 1. The average molecular weight is 332 g/mol. The summed E-state index contributed by atoms with van der Waals surface area (Å²) in [7, 11) is 0. The minimum Gasteiger partial charge on any atom is -0.366 e. The molecule has 3 aromatic rings. The highest BCUT2D eigenvalue weighted by molar-refractivity contribution is 5.75. The van der Waals surface area contributed by atoms with Crippen LogP contribution in [-0.4, -0.2) is 22.6 Å². The van der Waals surface area contributed by atoms with Crippen molar-refractivity contribution in [3.05, 3.63) is 59.7 Å². The molecule has 0 radical (unpaired) electrons. The van der Waals surface area contributed by atoms with Gasteiger partial charge in [-0.05, 0) is 37.1 Å². The second-order valence-corrected chi connectivity index (χ2v) is 6.95. The van der Waals surface area contributed by atoms with Crippen LogP contribution in [0.2, 0.25) is 0 Å². The first-order chi connectivity index (χ1) is 12.2. The molecule has 1 aromatic heterocycles. The number of hydrogen-bond donors (Lipinski definition) is 1. The molecule has 1 saturated heterocycles. The zero-order valence-corrected chi connectivity index (χ0v) is 13.7. The summed E-state index contributed by atoms with van der Waals surface area (Å²) in [5.74, 6) is 0.417. The number of nitrogens with zero attached hydrogens (tertiary/aromatic N) is 3. The van der Waals surface area contributed by atoms with E-state index in [0.29, 0.717) is 17.8 Å². The van der Waals surface area contributed by atoms with Crippen LogP contribution in [0, 0.1) is 17.1 Å². The third-order valence-corrected chi connectivity index (χ3v) is 5.69. The Morgan fingerprint density at radius 2 is 2.12 bits per heavy atom. The predicted molar refractivity (Wildman–Crippen MR) is 93.9 cm³/mol. The second kappa shape index (κ2) is 5.06. The van der Waals surface area contributed by atoms with Crippen LogP contribution in [0.1, 0.15) is 24.2 Å². The summed E-state index contributed by atoms with van der Waals surface area (Å²) < 4.78 is 14.6. The fourth-order valence-corrected chi connectivity index (χ4v) is 4.53. The SMILES string of the molecule is N#C[C@@]1(c2nc3ccccc3[nH]2)Cc2c(F)cccc2N2CCC[C@H]21. The van der Waals surface area contributed by atoms with Crippen molar-refractivity contribution in [2.45, 2.75) is 30.7 Å². The highest BCUT2D eigenvalue weighted by atomic mass is 19.1. The lowest BCUT2D eigenvalue weighted by molar-refractivity contribution is 0.385. The number of para-hydroxylation sites is 2. The largest absolute Gasteiger partial charge is 0.366 e. The third kappa shape index (κ3) is 1.88. The smallest absolute Gasteiger partial charge is 0.139 e. The molecule has 124 valence electrons. The summed E-state index contributed by atoms with van der Waals surface area (Å²) in [6.07, 6.45) is 2.28. The number of rotatable bonds is 1. The number of nitrogens with one attached hydrogen (secondary N) is 1. The Morgan fingerprint density at radius 1 is 1.24 bits per heavy atom. The van der Waals surface area contributed by atoms with E-state index in [1.807, 2.05) is 30.3 Å². The molecule has 3 heterocycles. The van der Waals surface area contributed by atoms with E-state index in [4.69, 9.17) is 4.98 Å². The first-order valence-corrected chi connectivity index (χ1v) is 8.63. The highest BCUT2D eigenvalue weighted by Crippen LogP contribution is 2.47. The van der Waals surface area contributed by atoms with E-state index in [2.05, 4.69) is 16.0 Å². The molecule has 2 aromatic carbocycles. The van der Waals surface area contributed by atoms with Gasteiger partial charge in [0.15, 0.2) is 0 Å². The summed E-state index contributed by atoms with van der Waals surface area (Å²) >= 11 is 0. The number of aromatic amines is 1. The number of halogens is 1. The standard InChI is InChI=1S/C20H17FN4/c21-14-5-3-8-17-13(14)11-20(12-22,18-9-4-10-25(17)18)19-23-15-6-1-2-7-16(15)24-19/h1-3,5-8,18H,4,9-11H2,(H,23,24)/t18-,20-/m0/s1. The van der Waals surface area contributed by atoms with Crippen LogP contribution in [0.15, 0.2) is 42.5 Å². The number of hydrogen-bond acceptors (Lipinski definition) is 3. The number of aromatic nitrogens is 2. The molecule has 0 bridgehead atoms. The molecule has 2 atom stereocenters. The van der Waals surface area contributed by atoms with Crippen LogP contribution in [0.25, 0.3) is 11.0 Å². The van der Waals surface area contributed by atoms with Gasteiger partial charge in [0.25, 0.3) is 0 Å². The molecule has 0 unspecified atom stereocenters. The van der Waals surface area contributed by atoms with Gasteiger partial charge >= 0.3 is 0 Å². The number of benzene rings is 2. The Labute approximate surface area is 144 Å². The maximum Gasteiger partial charge on any atom is 0.139 e. The monoisotopic (exact) mass is 332 g/mol. The molecule has 25 heavy (non-hydrogen) atoms. The van der Waals surface area contributed by atoms with Crippen molar-refractivity contribution in [1.82, 2.24) is 9.97 Å². The Bertz CT molecular complexity index is 985. The average Bonchev–Trinajstić information content (AvgIpc) is 3.29. The molecule has 0 amide bonds. The van der Waals surface area contributed by atoms with E-state index in [-0.39, 0.29) is 11.9 Å². The molecule has 1 N–H and O–H groups in total. The van der Waals surface area contributed by atoms with Gasteiger partial charge in [0.1, 0.15) is 17.1 Å². The van der Waals surface area contributed by atoms with Gasteiger partial charge in [-0.3, -0.25) is 0 Å². The highest BCUT2D eigenvalue weighted by Gasteiger charge is 2.52. The lowest BCUT2D eigenvalue weighted by Crippen LogP contribution is -2.52. The summed E-state index contributed by atoms with van der Waals surface area (Å²) in [5, 5.41) is 10.2. The van der Waals surface area contributed by atoms with Gasteiger partial charge in [0, 0.05) is 24.2 Å². The molecule has 2 aliphatic rings. The van der Waals surface area contributed by atoms with Gasteiger partial charge in [-0.2, -0.15) is 5.26 Å². The molecule has 0 aliphatic carbocycles. The first-order valence-electron chi connectivity index (χ1n) is 8.63. The summed E-state index contributed by atoms with van der Waals surface area (Å²) in [5.41, 5.74) is 2.46. The normalized spacial score (nSPS) is 24.8. The van der Waals surface area contributed by atoms with Crippen LogP contribution in [0.5, 0.6) is 0 Å². The van der Waals surface area contributed by atoms with Crippen molar-refractivity contribution in [1.29, 1.82) is 5.26 Å². The number of imidazole rings is 1. The van der Waals surface area contributed by atoms with Crippen molar-refractivity contribution in [2.24, 2.45) is 0 Å². The maximum absolute atomic E-state index is 14.6. The lowest BCUT2D eigenvalue weighted by atomic mass is 9.71. The van der Waals surface area contributed by atoms with Crippen molar-refractivity contribution in [2.75, 3.05) is 11.4 Å². The Kier molecular flexibility index (Phi) is 2.93. The van der Waals surface area contributed by atoms with E-state index in [0.717, 1.165) is 36.1 Å². The van der Waals surface area contributed by atoms with Crippen LogP contribution >= 0.6 is 0 Å². The third-order valence-electron chi connectivity index (χ3n) is 5.69. The predicted octanol–water partition coefficient (Wildman–Crippen LogP) is 3.69. The Balaban J connectivity index is 1.75. The minimum absolute atomic E-state index is 0.0207. The number of H-pyrrole nitrogens is 1. The van der Waals surface area contributed by atoms with Crippen LogP contribution < -0.4 is 4.90 Å². The second-order valence-electron chi connectivity index (χ2n) is 6.95. The molecule has 2 aliphatic heterocycles. The minimum atomic E-state index is -0.856. The van der Waals surface area contributed by atoms with E-state index < -0.39 is 5.41 Å². The quantitative estimate of drug-likeness (QED) is 0.739. The molecule has 5 rings (SSSR count). The van der Waals surface area contributed by atoms with Gasteiger partial charge in [-0.25, -0.2) is 9.37 Å².